The van der Waals surface area contributed by atoms with E-state index >= 15 is 0 Å². The van der Waals surface area contributed by atoms with Gasteiger partial charge in [0.25, 0.3) is 0 Å². The second-order valence-electron chi connectivity index (χ2n) is 17.2. The van der Waals surface area contributed by atoms with Crippen LogP contribution in [0, 0.1) is 0 Å². The van der Waals surface area contributed by atoms with Crippen LogP contribution in [-0.4, -0.2) is 192 Å². The summed E-state index contributed by atoms with van der Waals surface area (Å²) in [5.74, 6) is -11.4. The van der Waals surface area contributed by atoms with Crippen molar-refractivity contribution in [2.75, 3.05) is 19.6 Å². The van der Waals surface area contributed by atoms with Gasteiger partial charge < -0.3 is 108 Å². The molecule has 2 heterocycles. The molecule has 0 spiro atoms. The van der Waals surface area contributed by atoms with Gasteiger partial charge in [-0.05, 0) is 52.4 Å². The van der Waals surface area contributed by atoms with Crippen molar-refractivity contribution in [1.82, 2.24) is 57.2 Å². The first-order chi connectivity index (χ1) is 35.8. The smallest absolute Gasteiger partial charge is 0.326 e. The summed E-state index contributed by atoms with van der Waals surface area (Å²) in [7, 11) is 0. The third kappa shape index (κ3) is 23.9. The molecule has 0 fully saturated rings. The number of H-pyrrole nitrogens is 2. The number of carboxylic acids is 2. The number of nitrogens with two attached hydrogens (primary N) is 7. The monoisotopic (exact) mass is 1080 g/mol. The molecule has 0 bridgehead atoms. The highest BCUT2D eigenvalue weighted by Gasteiger charge is 2.37. The van der Waals surface area contributed by atoms with Crippen LogP contribution in [-0.2, 0) is 56.0 Å². The number of carbonyl (C=O) groups is 9. The first-order valence-electron chi connectivity index (χ1n) is 23.6. The first-order valence-corrected chi connectivity index (χ1v) is 23.6. The number of nitrogens with zero attached hydrogens (tertiary/aromatic N) is 5. The fraction of sp³-hybridized carbons (Fsp3) is 0.571. The van der Waals surface area contributed by atoms with Crippen LogP contribution >= 0.6 is 0 Å². The van der Waals surface area contributed by atoms with Crippen molar-refractivity contribution in [1.29, 1.82) is 0 Å². The standard InChI is InChI=1S/C42H71N21O13/c1-19(64)30(37(73)61-28(39(75)76)13-22-16-51-18-56-22)63-38(74)31(20(2)65)62-34(70)25(8-5-11-54-42(48)49)58-35(71)26(12-21-15-50-17-55-21)59-36(72)27(14-29(66)67)60-33(69)24(7-4-10-53-41(46)47)57-32(68)23(43)6-3-9-52-40(44)45/h15-20,23-28,30-31,64-65H,3-14,43H2,1-2H3,(H,50,55)(H,51,56)(H,57,68)(H,58,71)(H,59,72)(H,60,69)(H,61,73)(H,62,70)(H,63,74)(H,66,67)(H,75,76)(H4,44,45,52)(H4,46,47,53)(H4,48,49,54)/t19-,20-,23+,24+,25+,26+,27+,28+,30+,31+/m1/s1. The number of aliphatic carboxylic acids is 2. The molecular formula is C42H71N21O13. The second kappa shape index (κ2) is 32.5. The fourth-order valence-electron chi connectivity index (χ4n) is 6.89. The van der Waals surface area contributed by atoms with Crippen molar-refractivity contribution in [2.24, 2.45) is 55.1 Å². The van der Waals surface area contributed by atoms with E-state index in [1.54, 1.807) is 0 Å². The number of aliphatic hydroxyl groups excluding tert-OH is 2. The predicted molar refractivity (Wildman–Crippen MR) is 269 cm³/mol. The zero-order chi connectivity index (χ0) is 57.1. The number of imidazole rings is 2. The first kappa shape index (κ1) is 63.5. The van der Waals surface area contributed by atoms with Gasteiger partial charge in [-0.2, -0.15) is 0 Å². The summed E-state index contributed by atoms with van der Waals surface area (Å²) in [6.07, 6.45) is 0.130. The quantitative estimate of drug-likeness (QED) is 0.0173. The van der Waals surface area contributed by atoms with Gasteiger partial charge in [0.1, 0.15) is 42.3 Å². The SMILES string of the molecule is C[C@@H](O)[C@H](NC(=O)[C@H](CCCN=C(N)N)NC(=O)[C@H](Cc1cnc[nH]1)NC(=O)[C@H](CC(=O)O)NC(=O)[C@H](CCCN=C(N)N)NC(=O)[C@@H](N)CCCN=C(N)N)C(=O)N[C@H](C(=O)N[C@@H](Cc1cnc[nH]1)C(=O)O)[C@@H](C)O. The van der Waals surface area contributed by atoms with E-state index in [1.165, 1.54) is 25.0 Å². The van der Waals surface area contributed by atoms with Gasteiger partial charge >= 0.3 is 11.9 Å². The van der Waals surface area contributed by atoms with Gasteiger partial charge in [0.2, 0.25) is 41.4 Å². The molecule has 34 nitrogen and oxygen atoms in total. The number of aromatic amines is 2. The Bertz CT molecular complexity index is 2320. The normalized spacial score (nSPS) is 14.9. The molecule has 7 amide bonds. The Labute approximate surface area is 434 Å². The lowest BCUT2D eigenvalue weighted by molar-refractivity contribution is -0.143. The maximum atomic E-state index is 14.3. The number of amides is 7. The Kier molecular flexibility index (Phi) is 27.1. The van der Waals surface area contributed by atoms with Crippen LogP contribution in [0.25, 0.3) is 0 Å². The zero-order valence-electron chi connectivity index (χ0n) is 41.8. The summed E-state index contributed by atoms with van der Waals surface area (Å²) in [6.45, 7) is 2.27. The third-order valence-electron chi connectivity index (χ3n) is 10.8. The molecule has 0 unspecified atom stereocenters. The predicted octanol–water partition coefficient (Wildman–Crippen LogP) is -8.88. The van der Waals surface area contributed by atoms with Crippen LogP contribution in [0.1, 0.15) is 70.2 Å². The van der Waals surface area contributed by atoms with Crippen molar-refractivity contribution in [2.45, 2.75) is 132 Å². The summed E-state index contributed by atoms with van der Waals surface area (Å²) < 4.78 is 0. The maximum absolute atomic E-state index is 14.3. The van der Waals surface area contributed by atoms with Crippen LogP contribution in [0.15, 0.2) is 40.0 Å². The van der Waals surface area contributed by atoms with Crippen molar-refractivity contribution >= 4 is 71.2 Å². The number of aromatic nitrogens is 4. The minimum absolute atomic E-state index is 0.00316. The minimum atomic E-state index is -1.91. The number of nitrogens with one attached hydrogen (secondary N) is 9. The number of carboxylic acid groups (broad SMARTS) is 2. The lowest BCUT2D eigenvalue weighted by Crippen LogP contribution is -2.63. The van der Waals surface area contributed by atoms with Crippen molar-refractivity contribution in [3.8, 4) is 0 Å². The molecule has 2 aromatic heterocycles. The Morgan fingerprint density at radius 3 is 1.29 bits per heavy atom. The van der Waals surface area contributed by atoms with Gasteiger partial charge in [0, 0.05) is 56.3 Å². The van der Waals surface area contributed by atoms with E-state index in [4.69, 9.17) is 40.1 Å². The minimum Gasteiger partial charge on any atom is -0.481 e. The fourth-order valence-corrected chi connectivity index (χ4v) is 6.89. The van der Waals surface area contributed by atoms with Gasteiger partial charge in [-0.25, -0.2) is 14.8 Å². The number of hydrogen-bond donors (Lipinski definition) is 20. The summed E-state index contributed by atoms with van der Waals surface area (Å²) >= 11 is 0. The van der Waals surface area contributed by atoms with Gasteiger partial charge in [-0.3, -0.25) is 53.3 Å². The Morgan fingerprint density at radius 2 is 0.868 bits per heavy atom. The average molecular weight is 1080 g/mol. The van der Waals surface area contributed by atoms with E-state index in [9.17, 15) is 63.6 Å². The molecule has 76 heavy (non-hydrogen) atoms. The van der Waals surface area contributed by atoms with Crippen molar-refractivity contribution in [3.63, 3.8) is 0 Å². The lowest BCUT2D eigenvalue weighted by Gasteiger charge is -2.29. The molecular weight excluding hydrogens is 1010 g/mol. The number of carbonyl (C=O) groups excluding carboxylic acids is 7. The Balaban J connectivity index is 2.44. The largest absolute Gasteiger partial charge is 0.481 e. The molecule has 0 aliphatic heterocycles. The van der Waals surface area contributed by atoms with Gasteiger partial charge in [-0.15, -0.1) is 0 Å². The Hall–Kier alpha value is -8.66. The number of hydrogen-bond acceptors (Lipinski definition) is 17. The molecule has 0 aliphatic carbocycles. The maximum Gasteiger partial charge on any atom is 0.326 e. The van der Waals surface area contributed by atoms with E-state index in [-0.39, 0.29) is 94.6 Å². The van der Waals surface area contributed by atoms with Crippen molar-refractivity contribution in [3.05, 3.63) is 36.4 Å². The lowest BCUT2D eigenvalue weighted by atomic mass is 10.0. The van der Waals surface area contributed by atoms with Gasteiger partial charge in [0.15, 0.2) is 17.9 Å². The molecule has 0 saturated carbocycles. The number of rotatable bonds is 35. The van der Waals surface area contributed by atoms with E-state index < -0.39 is 120 Å². The van der Waals surface area contributed by atoms with E-state index in [1.807, 2.05) is 0 Å². The highest BCUT2D eigenvalue weighted by molar-refractivity contribution is 5.98. The molecule has 0 saturated heterocycles. The highest BCUT2D eigenvalue weighted by Crippen LogP contribution is 2.09. The average Bonchev–Trinajstić information content (AvgIpc) is 4.06. The highest BCUT2D eigenvalue weighted by atomic mass is 16.4. The summed E-state index contributed by atoms with van der Waals surface area (Å²) in [5.41, 5.74) is 39.0. The third-order valence-corrected chi connectivity index (χ3v) is 10.8. The van der Waals surface area contributed by atoms with Crippen molar-refractivity contribution < 1.29 is 63.6 Å². The molecule has 34 heteroatoms. The van der Waals surface area contributed by atoms with Crippen LogP contribution in [0.4, 0.5) is 0 Å². The number of guanidine groups is 3. The van der Waals surface area contributed by atoms with Crippen LogP contribution in [0.2, 0.25) is 0 Å². The van der Waals surface area contributed by atoms with Crippen LogP contribution < -0.4 is 77.4 Å². The van der Waals surface area contributed by atoms with Crippen LogP contribution in [0.3, 0.4) is 0 Å². The molecule has 2 rings (SSSR count). The zero-order valence-corrected chi connectivity index (χ0v) is 41.8. The molecule has 0 aliphatic rings. The summed E-state index contributed by atoms with van der Waals surface area (Å²) in [4.78, 5) is 145. The van der Waals surface area contributed by atoms with E-state index in [2.05, 4.69) is 72.1 Å². The second-order valence-corrected chi connectivity index (χ2v) is 17.2. The number of aliphatic imine (C=N–C) groups is 3. The molecule has 0 radical (unpaired) electrons. The van der Waals surface area contributed by atoms with Gasteiger partial charge in [-0.1, -0.05) is 0 Å². The molecule has 0 aromatic carbocycles. The topological polar surface area (TPSA) is 595 Å². The van der Waals surface area contributed by atoms with Gasteiger partial charge in [0.05, 0.1) is 37.3 Å². The summed E-state index contributed by atoms with van der Waals surface area (Å²) in [5, 5.41) is 57.2. The van der Waals surface area contributed by atoms with E-state index in [0.29, 0.717) is 5.69 Å². The molecule has 10 atom stereocenters. The Morgan fingerprint density at radius 1 is 0.513 bits per heavy atom. The summed E-state index contributed by atoms with van der Waals surface area (Å²) in [6, 6.07) is -13.1. The molecule has 27 N–H and O–H groups in total. The van der Waals surface area contributed by atoms with Crippen LogP contribution in [0.5, 0.6) is 0 Å². The molecule has 2 aromatic rings. The molecule has 422 valence electrons. The number of aliphatic hydroxyl groups is 2. The van der Waals surface area contributed by atoms with E-state index in [0.717, 1.165) is 13.8 Å².